The molecule has 4 N–H and O–H groups in total. The third kappa shape index (κ3) is 9.69. The van der Waals surface area contributed by atoms with Gasteiger partial charge in [-0.3, -0.25) is 0 Å². The van der Waals surface area contributed by atoms with E-state index < -0.39 is 0 Å². The molecule has 0 aliphatic heterocycles. The zero-order valence-electron chi connectivity index (χ0n) is 7.46. The molecule has 0 aromatic rings. The average molecular weight is 194 g/mol. The Hall–Kier alpha value is -0.310. The minimum atomic E-state index is 0. The van der Waals surface area contributed by atoms with Crippen molar-refractivity contribution in [3.8, 4) is 0 Å². The molecular weight excluding hydrogens is 174 g/mol. The summed E-state index contributed by atoms with van der Waals surface area (Å²) < 4.78 is 0. The molecule has 0 saturated heterocycles. The van der Waals surface area contributed by atoms with E-state index in [4.69, 9.17) is 5.73 Å². The number of hydrogen-bond donors (Lipinski definition) is 1. The number of hydrogen-bond acceptors (Lipinski definition) is 1. The lowest BCUT2D eigenvalue weighted by molar-refractivity contribution is 0.506. The van der Waals surface area contributed by atoms with E-state index in [0.717, 1.165) is 25.8 Å². The minimum absolute atomic E-state index is 0. The van der Waals surface area contributed by atoms with Crippen LogP contribution in [0.5, 0.6) is 0 Å². The molecule has 0 saturated carbocycles. The molecule has 12 heavy (non-hydrogen) atoms. The van der Waals surface area contributed by atoms with E-state index in [2.05, 4.69) is 13.2 Å². The molecular formula is C9H20ClNO. The van der Waals surface area contributed by atoms with Crippen LogP contribution in [-0.2, 0) is 0 Å². The maximum Gasteiger partial charge on any atom is -0.00744 e. The first-order valence-electron chi connectivity index (χ1n) is 3.77. The van der Waals surface area contributed by atoms with E-state index >= 15 is 0 Å². The van der Waals surface area contributed by atoms with Gasteiger partial charge in [0.15, 0.2) is 0 Å². The number of allylic oxidation sites excluding steroid dienone is 2. The van der Waals surface area contributed by atoms with Gasteiger partial charge in [0, 0.05) is 0 Å². The van der Waals surface area contributed by atoms with Gasteiger partial charge in [-0.2, -0.15) is 0 Å². The standard InChI is InChI=1S/C9H17N.ClH.H2O/c1-3-5-9(6-4-2)7-8-10;;/h3-4,9H,1-2,5-8,10H2;1H;1H2. The SMILES string of the molecule is C=CCC(CC=C)CCN.Cl.O. The van der Waals surface area contributed by atoms with Crippen molar-refractivity contribution >= 4 is 12.4 Å². The average Bonchev–Trinajstić information content (AvgIpc) is 1.90. The lowest BCUT2D eigenvalue weighted by atomic mass is 9.98. The van der Waals surface area contributed by atoms with Crippen LogP contribution in [0.1, 0.15) is 19.3 Å². The highest BCUT2D eigenvalue weighted by Gasteiger charge is 2.01. The summed E-state index contributed by atoms with van der Waals surface area (Å²) >= 11 is 0. The zero-order chi connectivity index (χ0) is 7.82. The van der Waals surface area contributed by atoms with Crippen LogP contribution in [0.2, 0.25) is 0 Å². The van der Waals surface area contributed by atoms with E-state index in [-0.39, 0.29) is 17.9 Å². The molecule has 2 nitrogen and oxygen atoms in total. The maximum absolute atomic E-state index is 5.42. The third-order valence-corrected chi connectivity index (χ3v) is 1.57. The molecule has 0 heterocycles. The van der Waals surface area contributed by atoms with Crippen LogP contribution in [0.3, 0.4) is 0 Å². The molecule has 0 aromatic carbocycles. The number of nitrogens with two attached hydrogens (primary N) is 1. The Morgan fingerprint density at radius 3 is 1.83 bits per heavy atom. The first-order chi connectivity index (χ1) is 4.85. The Bertz CT molecular complexity index is 96.7. The van der Waals surface area contributed by atoms with Crippen LogP contribution in [0.4, 0.5) is 0 Å². The summed E-state index contributed by atoms with van der Waals surface area (Å²) in [4.78, 5) is 0. The van der Waals surface area contributed by atoms with Gasteiger partial charge < -0.3 is 11.2 Å². The molecule has 3 heteroatoms. The van der Waals surface area contributed by atoms with Gasteiger partial charge in [0.1, 0.15) is 0 Å². The van der Waals surface area contributed by atoms with E-state index in [0.29, 0.717) is 5.92 Å². The summed E-state index contributed by atoms with van der Waals surface area (Å²) in [5.74, 6) is 0.667. The second-order valence-electron chi connectivity index (χ2n) is 2.49. The molecule has 0 atom stereocenters. The summed E-state index contributed by atoms with van der Waals surface area (Å²) in [6.45, 7) is 8.15. The summed E-state index contributed by atoms with van der Waals surface area (Å²) in [5, 5.41) is 0. The Morgan fingerprint density at radius 1 is 1.17 bits per heavy atom. The topological polar surface area (TPSA) is 57.5 Å². The summed E-state index contributed by atoms with van der Waals surface area (Å²) in [6.07, 6.45) is 7.10. The highest BCUT2D eigenvalue weighted by Crippen LogP contribution is 2.12. The summed E-state index contributed by atoms with van der Waals surface area (Å²) in [6, 6.07) is 0. The zero-order valence-corrected chi connectivity index (χ0v) is 8.28. The lowest BCUT2D eigenvalue weighted by Crippen LogP contribution is -2.07. The Balaban J connectivity index is -0.000000405. The number of halogens is 1. The van der Waals surface area contributed by atoms with E-state index in [1.807, 2.05) is 12.2 Å². The second kappa shape index (κ2) is 13.3. The predicted molar refractivity (Wildman–Crippen MR) is 57.7 cm³/mol. The highest BCUT2D eigenvalue weighted by molar-refractivity contribution is 5.85. The van der Waals surface area contributed by atoms with Gasteiger partial charge in [-0.25, -0.2) is 0 Å². The van der Waals surface area contributed by atoms with Gasteiger partial charge >= 0.3 is 0 Å². The molecule has 0 unspecified atom stereocenters. The summed E-state index contributed by atoms with van der Waals surface area (Å²) in [7, 11) is 0. The Labute approximate surface area is 81.3 Å². The second-order valence-corrected chi connectivity index (χ2v) is 2.49. The molecule has 0 rings (SSSR count). The quantitative estimate of drug-likeness (QED) is 0.642. The molecule has 0 aliphatic rings. The van der Waals surface area contributed by atoms with Gasteiger partial charge in [-0.1, -0.05) is 12.2 Å². The van der Waals surface area contributed by atoms with Crippen LogP contribution in [0, 0.1) is 5.92 Å². The van der Waals surface area contributed by atoms with Crippen molar-refractivity contribution in [2.45, 2.75) is 19.3 Å². The first-order valence-corrected chi connectivity index (χ1v) is 3.77. The van der Waals surface area contributed by atoms with E-state index in [1.165, 1.54) is 0 Å². The largest absolute Gasteiger partial charge is 0.412 e. The van der Waals surface area contributed by atoms with Crippen molar-refractivity contribution in [3.63, 3.8) is 0 Å². The molecule has 0 radical (unpaired) electrons. The fourth-order valence-corrected chi connectivity index (χ4v) is 1.04. The van der Waals surface area contributed by atoms with Crippen molar-refractivity contribution in [3.05, 3.63) is 25.3 Å². The smallest absolute Gasteiger partial charge is 0.00744 e. The van der Waals surface area contributed by atoms with Crippen molar-refractivity contribution in [1.82, 2.24) is 0 Å². The molecule has 0 spiro atoms. The van der Waals surface area contributed by atoms with Gasteiger partial charge in [-0.15, -0.1) is 25.6 Å². The van der Waals surface area contributed by atoms with Crippen molar-refractivity contribution in [2.75, 3.05) is 6.54 Å². The van der Waals surface area contributed by atoms with Crippen LogP contribution in [0.15, 0.2) is 25.3 Å². The molecule has 0 fully saturated rings. The fraction of sp³-hybridized carbons (Fsp3) is 0.556. The molecule has 0 amide bonds. The van der Waals surface area contributed by atoms with Gasteiger partial charge in [0.2, 0.25) is 0 Å². The Kier molecular flexibility index (Phi) is 19.6. The predicted octanol–water partition coefficient (Wildman–Crippen LogP) is 1.70. The van der Waals surface area contributed by atoms with Crippen molar-refractivity contribution in [2.24, 2.45) is 11.7 Å². The normalized spacial score (nSPS) is 8.17. The summed E-state index contributed by atoms with van der Waals surface area (Å²) in [5.41, 5.74) is 5.42. The van der Waals surface area contributed by atoms with Crippen LogP contribution < -0.4 is 5.73 Å². The number of rotatable bonds is 6. The fourth-order valence-electron chi connectivity index (χ4n) is 1.04. The third-order valence-electron chi connectivity index (χ3n) is 1.57. The molecule has 0 bridgehead atoms. The monoisotopic (exact) mass is 193 g/mol. The van der Waals surface area contributed by atoms with Gasteiger partial charge in [0.25, 0.3) is 0 Å². The molecule has 74 valence electrons. The Morgan fingerprint density at radius 2 is 1.58 bits per heavy atom. The van der Waals surface area contributed by atoms with Crippen LogP contribution in [0.25, 0.3) is 0 Å². The van der Waals surface area contributed by atoms with Gasteiger partial charge in [-0.05, 0) is 31.7 Å². The van der Waals surface area contributed by atoms with E-state index in [9.17, 15) is 0 Å². The van der Waals surface area contributed by atoms with Crippen molar-refractivity contribution < 1.29 is 5.48 Å². The lowest BCUT2D eigenvalue weighted by Gasteiger charge is -2.09. The van der Waals surface area contributed by atoms with Crippen LogP contribution >= 0.6 is 12.4 Å². The van der Waals surface area contributed by atoms with E-state index in [1.54, 1.807) is 0 Å². The highest BCUT2D eigenvalue weighted by atomic mass is 35.5. The molecule has 0 aromatic heterocycles. The van der Waals surface area contributed by atoms with Crippen LogP contribution in [-0.4, -0.2) is 12.0 Å². The van der Waals surface area contributed by atoms with Gasteiger partial charge in [0.05, 0.1) is 0 Å². The maximum atomic E-state index is 5.42. The van der Waals surface area contributed by atoms with Crippen molar-refractivity contribution in [1.29, 1.82) is 0 Å². The molecule has 0 aliphatic carbocycles. The minimum Gasteiger partial charge on any atom is -0.412 e. The first kappa shape index (κ1) is 17.7.